The number of halogens is 1. The van der Waals surface area contributed by atoms with E-state index < -0.39 is 0 Å². The number of ether oxygens (including phenoxy) is 2. The van der Waals surface area contributed by atoms with Crippen molar-refractivity contribution in [2.24, 2.45) is 0 Å². The molecular formula is C12H17ClO2. The van der Waals surface area contributed by atoms with Crippen LogP contribution in [-0.4, -0.2) is 19.8 Å². The SMILES string of the molecule is CCOCCCOc1ccc(CCl)cc1. The maximum Gasteiger partial charge on any atom is 0.119 e. The molecule has 0 aromatic heterocycles. The van der Waals surface area contributed by atoms with Crippen molar-refractivity contribution in [1.29, 1.82) is 0 Å². The van der Waals surface area contributed by atoms with Crippen molar-refractivity contribution in [3.05, 3.63) is 29.8 Å². The molecule has 1 rings (SSSR count). The maximum atomic E-state index is 5.68. The van der Waals surface area contributed by atoms with Crippen LogP contribution < -0.4 is 4.74 Å². The summed E-state index contributed by atoms with van der Waals surface area (Å²) in [5.41, 5.74) is 1.11. The Balaban J connectivity index is 2.20. The van der Waals surface area contributed by atoms with Crippen LogP contribution in [0, 0.1) is 0 Å². The van der Waals surface area contributed by atoms with Gasteiger partial charge in [-0.2, -0.15) is 0 Å². The van der Waals surface area contributed by atoms with E-state index in [0.29, 0.717) is 12.5 Å². The van der Waals surface area contributed by atoms with E-state index in [1.54, 1.807) is 0 Å². The summed E-state index contributed by atoms with van der Waals surface area (Å²) in [6.07, 6.45) is 0.922. The molecule has 0 aliphatic rings. The van der Waals surface area contributed by atoms with Crippen LogP contribution in [0.15, 0.2) is 24.3 Å². The molecule has 0 N–H and O–H groups in total. The Morgan fingerprint density at radius 2 is 1.87 bits per heavy atom. The number of hydrogen-bond acceptors (Lipinski definition) is 2. The van der Waals surface area contributed by atoms with Gasteiger partial charge >= 0.3 is 0 Å². The summed E-state index contributed by atoms with van der Waals surface area (Å²) >= 11 is 5.68. The molecule has 0 spiro atoms. The molecule has 0 aliphatic heterocycles. The monoisotopic (exact) mass is 228 g/mol. The van der Waals surface area contributed by atoms with E-state index in [1.807, 2.05) is 31.2 Å². The summed E-state index contributed by atoms with van der Waals surface area (Å²) in [4.78, 5) is 0. The van der Waals surface area contributed by atoms with E-state index in [-0.39, 0.29) is 0 Å². The van der Waals surface area contributed by atoms with Gasteiger partial charge in [0, 0.05) is 25.5 Å². The zero-order chi connectivity index (χ0) is 10.9. The van der Waals surface area contributed by atoms with E-state index in [1.165, 1.54) is 0 Å². The second kappa shape index (κ2) is 7.55. The molecule has 0 heterocycles. The fraction of sp³-hybridized carbons (Fsp3) is 0.500. The quantitative estimate of drug-likeness (QED) is 0.527. The Bertz CT molecular complexity index is 259. The lowest BCUT2D eigenvalue weighted by atomic mass is 10.2. The summed E-state index contributed by atoms with van der Waals surface area (Å²) in [7, 11) is 0. The molecule has 0 saturated heterocycles. The Hall–Kier alpha value is -0.730. The van der Waals surface area contributed by atoms with Gasteiger partial charge in [0.05, 0.1) is 6.61 Å². The minimum atomic E-state index is 0.546. The molecule has 2 nitrogen and oxygen atoms in total. The van der Waals surface area contributed by atoms with Crippen LogP contribution in [0.4, 0.5) is 0 Å². The molecule has 0 amide bonds. The molecule has 0 radical (unpaired) electrons. The lowest BCUT2D eigenvalue weighted by Crippen LogP contribution is -2.02. The molecule has 0 bridgehead atoms. The highest BCUT2D eigenvalue weighted by atomic mass is 35.5. The molecule has 0 aliphatic carbocycles. The third-order valence-corrected chi connectivity index (χ3v) is 2.29. The number of benzene rings is 1. The van der Waals surface area contributed by atoms with Gasteiger partial charge < -0.3 is 9.47 Å². The van der Waals surface area contributed by atoms with Crippen LogP contribution in [0.5, 0.6) is 5.75 Å². The van der Waals surface area contributed by atoms with E-state index in [4.69, 9.17) is 21.1 Å². The van der Waals surface area contributed by atoms with Gasteiger partial charge in [-0.05, 0) is 24.6 Å². The van der Waals surface area contributed by atoms with E-state index in [2.05, 4.69) is 0 Å². The normalized spacial score (nSPS) is 10.3. The minimum absolute atomic E-state index is 0.546. The largest absolute Gasteiger partial charge is 0.494 e. The van der Waals surface area contributed by atoms with Crippen LogP contribution in [0.3, 0.4) is 0 Å². The Labute approximate surface area is 96.2 Å². The molecule has 0 saturated carbocycles. The van der Waals surface area contributed by atoms with Gasteiger partial charge in [0.1, 0.15) is 5.75 Å². The van der Waals surface area contributed by atoms with Crippen molar-refractivity contribution < 1.29 is 9.47 Å². The fourth-order valence-corrected chi connectivity index (χ4v) is 1.35. The lowest BCUT2D eigenvalue weighted by Gasteiger charge is -2.06. The zero-order valence-corrected chi connectivity index (χ0v) is 9.80. The van der Waals surface area contributed by atoms with Crippen molar-refractivity contribution in [2.45, 2.75) is 19.2 Å². The summed E-state index contributed by atoms with van der Waals surface area (Å²) < 4.78 is 10.7. The first-order chi connectivity index (χ1) is 7.36. The average Bonchev–Trinajstić information content (AvgIpc) is 2.30. The zero-order valence-electron chi connectivity index (χ0n) is 9.04. The van der Waals surface area contributed by atoms with Crippen molar-refractivity contribution >= 4 is 11.6 Å². The predicted octanol–water partition coefficient (Wildman–Crippen LogP) is 3.23. The van der Waals surface area contributed by atoms with Gasteiger partial charge in [0.15, 0.2) is 0 Å². The van der Waals surface area contributed by atoms with Gasteiger partial charge in [-0.1, -0.05) is 12.1 Å². The fourth-order valence-electron chi connectivity index (χ4n) is 1.17. The van der Waals surface area contributed by atoms with E-state index in [0.717, 1.165) is 30.9 Å². The van der Waals surface area contributed by atoms with Gasteiger partial charge in [-0.3, -0.25) is 0 Å². The van der Waals surface area contributed by atoms with E-state index in [9.17, 15) is 0 Å². The Morgan fingerprint density at radius 1 is 1.13 bits per heavy atom. The topological polar surface area (TPSA) is 18.5 Å². The van der Waals surface area contributed by atoms with Gasteiger partial charge in [-0.15, -0.1) is 11.6 Å². The molecular weight excluding hydrogens is 212 g/mol. The van der Waals surface area contributed by atoms with Crippen LogP contribution in [0.2, 0.25) is 0 Å². The molecule has 0 atom stereocenters. The number of hydrogen-bond donors (Lipinski definition) is 0. The standard InChI is InChI=1S/C12H17ClO2/c1-2-14-8-3-9-15-12-6-4-11(10-13)5-7-12/h4-7H,2-3,8-10H2,1H3. The molecule has 1 aromatic carbocycles. The smallest absolute Gasteiger partial charge is 0.119 e. The molecule has 3 heteroatoms. The third-order valence-electron chi connectivity index (χ3n) is 1.98. The van der Waals surface area contributed by atoms with Crippen LogP contribution in [-0.2, 0) is 10.6 Å². The van der Waals surface area contributed by atoms with Crippen LogP contribution in [0.1, 0.15) is 18.9 Å². The number of rotatable bonds is 7. The Kier molecular flexibility index (Phi) is 6.21. The molecule has 0 fully saturated rings. The summed E-state index contributed by atoms with van der Waals surface area (Å²) in [6.45, 7) is 4.21. The molecule has 84 valence electrons. The molecule has 1 aromatic rings. The molecule has 0 unspecified atom stereocenters. The second-order valence-corrected chi connectivity index (χ2v) is 3.44. The number of alkyl halides is 1. The predicted molar refractivity (Wildman–Crippen MR) is 62.6 cm³/mol. The van der Waals surface area contributed by atoms with Gasteiger partial charge in [0.2, 0.25) is 0 Å². The highest BCUT2D eigenvalue weighted by Gasteiger charge is 1.94. The van der Waals surface area contributed by atoms with E-state index >= 15 is 0 Å². The molecule has 15 heavy (non-hydrogen) atoms. The first-order valence-corrected chi connectivity index (χ1v) is 5.75. The maximum absolute atomic E-state index is 5.68. The van der Waals surface area contributed by atoms with Crippen molar-refractivity contribution in [2.75, 3.05) is 19.8 Å². The average molecular weight is 229 g/mol. The summed E-state index contributed by atoms with van der Waals surface area (Å²) in [6, 6.07) is 7.84. The van der Waals surface area contributed by atoms with Crippen molar-refractivity contribution in [3.63, 3.8) is 0 Å². The summed E-state index contributed by atoms with van der Waals surface area (Å²) in [5, 5.41) is 0. The van der Waals surface area contributed by atoms with Crippen molar-refractivity contribution in [1.82, 2.24) is 0 Å². The van der Waals surface area contributed by atoms with Crippen LogP contribution >= 0.6 is 11.6 Å². The Morgan fingerprint density at radius 3 is 2.47 bits per heavy atom. The van der Waals surface area contributed by atoms with Gasteiger partial charge in [-0.25, -0.2) is 0 Å². The first-order valence-electron chi connectivity index (χ1n) is 5.22. The summed E-state index contributed by atoms with van der Waals surface area (Å²) in [5.74, 6) is 1.44. The second-order valence-electron chi connectivity index (χ2n) is 3.18. The minimum Gasteiger partial charge on any atom is -0.494 e. The first kappa shape index (κ1) is 12.3. The highest BCUT2D eigenvalue weighted by molar-refractivity contribution is 6.17. The lowest BCUT2D eigenvalue weighted by molar-refractivity contribution is 0.131. The third kappa shape index (κ3) is 5.05. The van der Waals surface area contributed by atoms with Crippen molar-refractivity contribution in [3.8, 4) is 5.75 Å². The van der Waals surface area contributed by atoms with Crippen LogP contribution in [0.25, 0.3) is 0 Å². The highest BCUT2D eigenvalue weighted by Crippen LogP contribution is 2.13. The van der Waals surface area contributed by atoms with Gasteiger partial charge in [0.25, 0.3) is 0 Å².